The number of rotatable bonds is 6. The van der Waals surface area contributed by atoms with Gasteiger partial charge >= 0.3 is 0 Å². The molecule has 0 radical (unpaired) electrons. The van der Waals surface area contributed by atoms with Crippen LogP contribution in [0.3, 0.4) is 0 Å². The van der Waals surface area contributed by atoms with E-state index in [1.54, 1.807) is 4.90 Å². The molecule has 0 aromatic heterocycles. The average molecular weight is 558 g/mol. The first-order chi connectivity index (χ1) is 18.9. The van der Waals surface area contributed by atoms with Crippen LogP contribution in [-0.4, -0.2) is 96.9 Å². The Kier molecular flexibility index (Phi) is 11.1. The molecule has 3 rings (SSSR count). The summed E-state index contributed by atoms with van der Waals surface area (Å²) in [6.45, 7) is 7.83. The predicted molar refractivity (Wildman–Crippen MR) is 149 cm³/mol. The molecule has 5 amide bonds. The number of nitrogens with one attached hydrogen (secondary N) is 3. The van der Waals surface area contributed by atoms with E-state index in [9.17, 15) is 24.0 Å². The zero-order chi connectivity index (χ0) is 29.4. The third-order valence-electron chi connectivity index (χ3n) is 6.91. The third kappa shape index (κ3) is 9.04. The lowest BCUT2D eigenvalue weighted by molar-refractivity contribution is -0.157. The summed E-state index contributed by atoms with van der Waals surface area (Å²) in [7, 11) is 1.49. The van der Waals surface area contributed by atoms with Crippen LogP contribution in [0.4, 0.5) is 0 Å². The maximum Gasteiger partial charge on any atom is 0.251 e. The molecule has 0 saturated carbocycles. The van der Waals surface area contributed by atoms with Gasteiger partial charge in [0.2, 0.25) is 23.6 Å². The topological polar surface area (TPSA) is 137 Å². The number of fused-ring (bicyclic) bond motifs is 2. The number of benzene rings is 1. The van der Waals surface area contributed by atoms with Crippen LogP contribution in [0.2, 0.25) is 0 Å². The number of nitrogens with zero attached hydrogens (tertiary/aromatic N) is 2. The van der Waals surface area contributed by atoms with E-state index in [2.05, 4.69) is 16.0 Å². The summed E-state index contributed by atoms with van der Waals surface area (Å²) in [6, 6.07) is 7.49. The fourth-order valence-corrected chi connectivity index (χ4v) is 4.93. The summed E-state index contributed by atoms with van der Waals surface area (Å²) in [4.78, 5) is 68.8. The molecule has 0 aliphatic carbocycles. The Morgan fingerprint density at radius 2 is 1.65 bits per heavy atom. The second kappa shape index (κ2) is 14.2. The second-order valence-corrected chi connectivity index (χ2v) is 11.6. The van der Waals surface area contributed by atoms with E-state index in [0.29, 0.717) is 12.8 Å². The van der Waals surface area contributed by atoms with Crippen molar-refractivity contribution in [3.63, 3.8) is 0 Å². The zero-order valence-corrected chi connectivity index (χ0v) is 24.1. The van der Waals surface area contributed by atoms with Crippen molar-refractivity contribution >= 4 is 29.5 Å². The second-order valence-electron chi connectivity index (χ2n) is 11.6. The van der Waals surface area contributed by atoms with Crippen molar-refractivity contribution < 1.29 is 28.7 Å². The Morgan fingerprint density at radius 3 is 2.30 bits per heavy atom. The van der Waals surface area contributed by atoms with Crippen LogP contribution in [-0.2, 0) is 35.1 Å². The van der Waals surface area contributed by atoms with E-state index < -0.39 is 42.0 Å². The smallest absolute Gasteiger partial charge is 0.251 e. The number of amides is 5. The van der Waals surface area contributed by atoms with Crippen LogP contribution >= 0.6 is 0 Å². The Hall–Kier alpha value is -3.47. The molecule has 2 fully saturated rings. The van der Waals surface area contributed by atoms with Crippen molar-refractivity contribution in [2.24, 2.45) is 11.8 Å². The highest BCUT2D eigenvalue weighted by atomic mass is 16.5. The van der Waals surface area contributed by atoms with Crippen molar-refractivity contribution in [2.75, 3.05) is 33.2 Å². The minimum atomic E-state index is -1.03. The number of carbonyl (C=O) groups excluding carboxylic acids is 5. The number of carbonyl (C=O) groups is 5. The summed E-state index contributed by atoms with van der Waals surface area (Å²) in [5, 5.41) is 8.41. The van der Waals surface area contributed by atoms with Gasteiger partial charge in [-0.2, -0.15) is 0 Å². The molecule has 2 aliphatic heterocycles. The molecule has 2 bridgehead atoms. The Morgan fingerprint density at radius 1 is 0.950 bits per heavy atom. The van der Waals surface area contributed by atoms with E-state index in [1.807, 2.05) is 58.0 Å². The van der Waals surface area contributed by atoms with E-state index >= 15 is 0 Å². The maximum absolute atomic E-state index is 13.5. The SMILES string of the molecule is CC(C)CC(=O)N1C[C@H]2CNC(=O)[C@H](CC(C)C)NC(=O)CN(C)C(=O)[C@@H](Cc3ccccc3)NC(=O)[C@@H](C1)O2. The van der Waals surface area contributed by atoms with Crippen LogP contribution < -0.4 is 16.0 Å². The fourth-order valence-electron chi connectivity index (χ4n) is 4.93. The number of hydrogen-bond donors (Lipinski definition) is 3. The third-order valence-corrected chi connectivity index (χ3v) is 6.91. The molecule has 2 heterocycles. The molecule has 3 N–H and O–H groups in total. The molecule has 11 nitrogen and oxygen atoms in total. The fraction of sp³-hybridized carbons (Fsp3) is 0.621. The maximum atomic E-state index is 13.5. The Labute approximate surface area is 236 Å². The van der Waals surface area contributed by atoms with Crippen molar-refractivity contribution in [1.29, 1.82) is 0 Å². The van der Waals surface area contributed by atoms with Gasteiger partial charge in [0.25, 0.3) is 5.91 Å². The monoisotopic (exact) mass is 557 g/mol. The quantitative estimate of drug-likeness (QED) is 0.465. The largest absolute Gasteiger partial charge is 0.360 e. The molecular formula is C29H43N5O6. The van der Waals surface area contributed by atoms with Gasteiger partial charge in [-0.05, 0) is 23.8 Å². The van der Waals surface area contributed by atoms with Gasteiger partial charge in [0.1, 0.15) is 12.1 Å². The van der Waals surface area contributed by atoms with E-state index in [-0.39, 0.29) is 56.3 Å². The first-order valence-electron chi connectivity index (χ1n) is 14.0. The summed E-state index contributed by atoms with van der Waals surface area (Å²) >= 11 is 0. The van der Waals surface area contributed by atoms with Gasteiger partial charge in [-0.1, -0.05) is 58.0 Å². The highest BCUT2D eigenvalue weighted by molar-refractivity contribution is 5.93. The lowest BCUT2D eigenvalue weighted by Crippen LogP contribution is -2.59. The molecule has 11 heteroatoms. The zero-order valence-electron chi connectivity index (χ0n) is 24.1. The van der Waals surface area contributed by atoms with Crippen LogP contribution in [0.5, 0.6) is 0 Å². The van der Waals surface area contributed by atoms with Crippen molar-refractivity contribution in [1.82, 2.24) is 25.8 Å². The summed E-state index contributed by atoms with van der Waals surface area (Å²) in [6.07, 6.45) is -0.746. The molecule has 1 aromatic rings. The predicted octanol–water partition coefficient (Wildman–Crippen LogP) is 0.475. The number of morpholine rings is 1. The molecule has 0 spiro atoms. The minimum absolute atomic E-state index is 0.0416. The standard InChI is InChI=1S/C29H43N5O6/c1-18(2)11-22-27(37)30-14-21-15-34(26(36)12-19(3)4)16-24(40-21)28(38)32-23(13-20-9-7-6-8-10-20)29(39)33(5)17-25(35)31-22/h6-10,18-19,21-24H,11-17H2,1-5H3,(H,30,37)(H,31,35)(H,32,38)/t21-,22+,23-,24-/m1/s1. The molecule has 2 saturated heterocycles. The van der Waals surface area contributed by atoms with E-state index in [4.69, 9.17) is 4.74 Å². The molecule has 4 atom stereocenters. The van der Waals surface area contributed by atoms with Crippen LogP contribution in [0.1, 0.15) is 46.1 Å². The van der Waals surface area contributed by atoms with Gasteiger partial charge in [0.05, 0.1) is 19.2 Å². The van der Waals surface area contributed by atoms with E-state index in [0.717, 1.165) is 5.56 Å². The minimum Gasteiger partial charge on any atom is -0.360 e. The number of hydrogen-bond acceptors (Lipinski definition) is 6. The van der Waals surface area contributed by atoms with Crippen LogP contribution in [0.15, 0.2) is 30.3 Å². The van der Waals surface area contributed by atoms with Crippen molar-refractivity contribution in [2.45, 2.75) is 71.2 Å². The highest BCUT2D eigenvalue weighted by Crippen LogP contribution is 2.16. The van der Waals surface area contributed by atoms with Crippen LogP contribution in [0.25, 0.3) is 0 Å². The first kappa shape index (κ1) is 31.1. The normalized spacial score (nSPS) is 25.2. The van der Waals surface area contributed by atoms with Gasteiger partial charge in [0.15, 0.2) is 6.10 Å². The lowest BCUT2D eigenvalue weighted by atomic mass is 10.0. The van der Waals surface area contributed by atoms with Crippen LogP contribution in [0, 0.1) is 11.8 Å². The molecule has 0 unspecified atom stereocenters. The number of ether oxygens (including phenoxy) is 1. The Balaban J connectivity index is 1.93. The molecule has 220 valence electrons. The lowest BCUT2D eigenvalue weighted by Gasteiger charge is -2.38. The van der Waals surface area contributed by atoms with Gasteiger partial charge < -0.3 is 30.5 Å². The van der Waals surface area contributed by atoms with Crippen molar-refractivity contribution in [3.05, 3.63) is 35.9 Å². The molecule has 40 heavy (non-hydrogen) atoms. The Bertz CT molecular complexity index is 1060. The summed E-state index contributed by atoms with van der Waals surface area (Å²) in [5.74, 6) is -1.70. The number of likely N-dealkylation sites (N-methyl/N-ethyl adjacent to an activating group) is 1. The van der Waals surface area contributed by atoms with Gasteiger partial charge in [-0.3, -0.25) is 24.0 Å². The summed E-state index contributed by atoms with van der Waals surface area (Å²) in [5.41, 5.74) is 0.833. The van der Waals surface area contributed by atoms with Gasteiger partial charge in [0, 0.05) is 33.0 Å². The van der Waals surface area contributed by atoms with Crippen molar-refractivity contribution in [3.8, 4) is 0 Å². The first-order valence-corrected chi connectivity index (χ1v) is 14.0. The molecule has 1 aromatic carbocycles. The molecular weight excluding hydrogens is 514 g/mol. The van der Waals surface area contributed by atoms with Gasteiger partial charge in [-0.15, -0.1) is 0 Å². The van der Waals surface area contributed by atoms with E-state index in [1.165, 1.54) is 11.9 Å². The van der Waals surface area contributed by atoms with Gasteiger partial charge in [-0.25, -0.2) is 0 Å². The molecule has 2 aliphatic rings. The summed E-state index contributed by atoms with van der Waals surface area (Å²) < 4.78 is 6.07. The highest BCUT2D eigenvalue weighted by Gasteiger charge is 2.37. The average Bonchev–Trinajstić information content (AvgIpc) is 2.89.